The highest BCUT2D eigenvalue weighted by atomic mass is 35.5. The molecule has 8 heteroatoms. The number of nitrogens with two attached hydrogens (primary N) is 1. The van der Waals surface area contributed by atoms with Gasteiger partial charge in [-0.2, -0.15) is 0 Å². The minimum atomic E-state index is -0.503. The van der Waals surface area contributed by atoms with Crippen LogP contribution in [-0.2, 0) is 6.54 Å². The smallest absolute Gasteiger partial charge is 0.248 e. The van der Waals surface area contributed by atoms with Gasteiger partial charge in [0.05, 0.1) is 18.0 Å². The lowest BCUT2D eigenvalue weighted by atomic mass is 9.95. The lowest BCUT2D eigenvalue weighted by Gasteiger charge is -2.13. The Hall–Kier alpha value is -3.74. The summed E-state index contributed by atoms with van der Waals surface area (Å²) >= 11 is 12.9. The minimum Gasteiger partial charge on any atom is -0.366 e. The molecule has 0 spiro atoms. The molecule has 0 saturated heterocycles. The minimum absolute atomic E-state index is 0.387. The van der Waals surface area contributed by atoms with Crippen LogP contribution in [0.4, 0.5) is 11.6 Å². The molecular weight excluding hydrogens is 457 g/mol. The third kappa shape index (κ3) is 4.18. The largest absolute Gasteiger partial charge is 0.366 e. The number of rotatable bonds is 4. The molecule has 0 atom stereocenters. The van der Waals surface area contributed by atoms with Crippen LogP contribution in [0.25, 0.3) is 11.3 Å². The summed E-state index contributed by atoms with van der Waals surface area (Å²) in [4.78, 5) is 25.6. The Bertz CT molecular complexity index is 1430. The second-order valence-electron chi connectivity index (χ2n) is 7.47. The average Bonchev–Trinajstić information content (AvgIpc) is 2.96. The second-order valence-corrected chi connectivity index (χ2v) is 8.32. The molecule has 33 heavy (non-hydrogen) atoms. The van der Waals surface area contributed by atoms with Crippen LogP contribution < -0.4 is 11.1 Å². The number of halogens is 2. The van der Waals surface area contributed by atoms with Gasteiger partial charge >= 0.3 is 0 Å². The summed E-state index contributed by atoms with van der Waals surface area (Å²) in [7, 11) is 0. The van der Waals surface area contributed by atoms with Crippen molar-refractivity contribution in [1.29, 1.82) is 0 Å². The van der Waals surface area contributed by atoms with Crippen molar-refractivity contribution in [2.45, 2.75) is 6.54 Å². The molecule has 5 rings (SSSR count). The van der Waals surface area contributed by atoms with E-state index in [1.807, 2.05) is 48.5 Å². The fourth-order valence-corrected chi connectivity index (χ4v) is 4.14. The predicted molar refractivity (Wildman–Crippen MR) is 132 cm³/mol. The molecular formula is C25H17Cl2N5O. The average molecular weight is 474 g/mol. The summed E-state index contributed by atoms with van der Waals surface area (Å²) < 4.78 is 0. The van der Waals surface area contributed by atoms with Gasteiger partial charge in [-0.05, 0) is 36.4 Å². The van der Waals surface area contributed by atoms with E-state index in [1.165, 1.54) is 0 Å². The normalized spacial score (nSPS) is 12.2. The standard InChI is InChI=1S/C25H17Cl2N5O/c26-16-8-9-18-20(11-16)23(19-6-1-2-7-21(19)27)29-12-15-13-30-25(32-22(15)18)31-17-5-3-4-14(10-17)24(28)33/h1-11,13H,12H2,(H2,28,33)(H,30,31,32). The fourth-order valence-electron chi connectivity index (χ4n) is 3.75. The van der Waals surface area contributed by atoms with Gasteiger partial charge in [0.1, 0.15) is 0 Å². The number of amides is 1. The summed E-state index contributed by atoms with van der Waals surface area (Å²) in [6.45, 7) is 0.389. The number of hydrogen-bond acceptors (Lipinski definition) is 5. The van der Waals surface area contributed by atoms with Gasteiger partial charge in [0, 0.05) is 49.7 Å². The van der Waals surface area contributed by atoms with Gasteiger partial charge in [-0.3, -0.25) is 9.79 Å². The third-order valence-corrected chi connectivity index (χ3v) is 5.86. The van der Waals surface area contributed by atoms with E-state index in [4.69, 9.17) is 38.9 Å². The highest BCUT2D eigenvalue weighted by Gasteiger charge is 2.22. The van der Waals surface area contributed by atoms with Crippen molar-refractivity contribution in [2.75, 3.05) is 5.32 Å². The monoisotopic (exact) mass is 473 g/mol. The highest BCUT2D eigenvalue weighted by Crippen LogP contribution is 2.35. The Labute approximate surface area is 200 Å². The number of hydrogen-bond donors (Lipinski definition) is 2. The SMILES string of the molecule is NC(=O)c1cccc(Nc2ncc3c(n2)-c2ccc(Cl)cc2C(c2ccccc2Cl)=NC3)c1. The fraction of sp³-hybridized carbons (Fsp3) is 0.0400. The zero-order valence-electron chi connectivity index (χ0n) is 17.2. The summed E-state index contributed by atoms with van der Waals surface area (Å²) in [5.74, 6) is -0.117. The first-order valence-corrected chi connectivity index (χ1v) is 10.9. The van der Waals surface area contributed by atoms with Crippen LogP contribution in [0.3, 0.4) is 0 Å². The lowest BCUT2D eigenvalue weighted by Crippen LogP contribution is -2.11. The third-order valence-electron chi connectivity index (χ3n) is 5.30. The maximum atomic E-state index is 11.5. The maximum absolute atomic E-state index is 11.5. The molecule has 1 amide bonds. The van der Waals surface area contributed by atoms with Crippen LogP contribution in [0.1, 0.15) is 27.0 Å². The van der Waals surface area contributed by atoms with Gasteiger partial charge in [0.2, 0.25) is 11.9 Å². The van der Waals surface area contributed by atoms with Crippen LogP contribution in [0.15, 0.2) is 77.9 Å². The second kappa shape index (κ2) is 8.65. The molecule has 2 heterocycles. The van der Waals surface area contributed by atoms with E-state index in [2.05, 4.69) is 10.3 Å². The van der Waals surface area contributed by atoms with Gasteiger partial charge in [-0.1, -0.05) is 53.5 Å². The van der Waals surface area contributed by atoms with E-state index in [0.717, 1.165) is 33.7 Å². The molecule has 1 aromatic heterocycles. The van der Waals surface area contributed by atoms with Crippen LogP contribution in [0.5, 0.6) is 0 Å². The van der Waals surface area contributed by atoms with Crippen LogP contribution in [0, 0.1) is 0 Å². The van der Waals surface area contributed by atoms with E-state index < -0.39 is 5.91 Å². The lowest BCUT2D eigenvalue weighted by molar-refractivity contribution is 0.100. The van der Waals surface area contributed by atoms with Crippen LogP contribution in [0.2, 0.25) is 10.0 Å². The van der Waals surface area contributed by atoms with Crippen LogP contribution >= 0.6 is 23.2 Å². The molecule has 0 unspecified atom stereocenters. The van der Waals surface area contributed by atoms with Crippen molar-refractivity contribution >= 4 is 46.5 Å². The molecule has 6 nitrogen and oxygen atoms in total. The van der Waals surface area contributed by atoms with Gasteiger partial charge < -0.3 is 11.1 Å². The van der Waals surface area contributed by atoms with Crippen molar-refractivity contribution in [3.63, 3.8) is 0 Å². The Kier molecular flexibility index (Phi) is 5.54. The van der Waals surface area contributed by atoms with Gasteiger partial charge in [0.25, 0.3) is 0 Å². The van der Waals surface area contributed by atoms with Crippen molar-refractivity contribution in [3.05, 3.63) is 105 Å². The Morgan fingerprint density at radius 2 is 1.79 bits per heavy atom. The number of carbonyl (C=O) groups is 1. The first-order chi connectivity index (χ1) is 16.0. The van der Waals surface area contributed by atoms with E-state index >= 15 is 0 Å². The summed E-state index contributed by atoms with van der Waals surface area (Å²) in [5, 5.41) is 4.35. The van der Waals surface area contributed by atoms with E-state index in [-0.39, 0.29) is 0 Å². The first kappa shape index (κ1) is 21.1. The zero-order valence-corrected chi connectivity index (χ0v) is 18.7. The van der Waals surface area contributed by atoms with Crippen molar-refractivity contribution < 1.29 is 4.79 Å². The number of aromatic nitrogens is 2. The summed E-state index contributed by atoms with van der Waals surface area (Å²) in [6, 6.07) is 20.1. The van der Waals surface area contributed by atoms with Crippen LogP contribution in [-0.4, -0.2) is 21.6 Å². The number of nitrogens with zero attached hydrogens (tertiary/aromatic N) is 3. The van der Waals surface area contributed by atoms with E-state index in [1.54, 1.807) is 24.4 Å². The van der Waals surface area contributed by atoms with Crippen molar-refractivity contribution in [3.8, 4) is 11.3 Å². The molecule has 0 bridgehead atoms. The first-order valence-electron chi connectivity index (χ1n) is 10.1. The summed E-state index contributed by atoms with van der Waals surface area (Å²) in [6.07, 6.45) is 1.75. The highest BCUT2D eigenvalue weighted by molar-refractivity contribution is 6.36. The molecule has 162 valence electrons. The molecule has 1 aliphatic heterocycles. The molecule has 0 saturated carbocycles. The Morgan fingerprint density at radius 1 is 0.939 bits per heavy atom. The van der Waals surface area contributed by atoms with Crippen molar-refractivity contribution in [2.24, 2.45) is 10.7 Å². The number of carbonyl (C=O) groups excluding carboxylic acids is 1. The maximum Gasteiger partial charge on any atom is 0.248 e. The van der Waals surface area contributed by atoms with Gasteiger partial charge in [-0.25, -0.2) is 9.97 Å². The van der Waals surface area contributed by atoms with Gasteiger partial charge in [-0.15, -0.1) is 0 Å². The number of aliphatic imine (C=N–C) groups is 1. The number of nitrogens with one attached hydrogen (secondary N) is 1. The van der Waals surface area contributed by atoms with Crippen molar-refractivity contribution in [1.82, 2.24) is 9.97 Å². The van der Waals surface area contributed by atoms with E-state index in [0.29, 0.717) is 33.8 Å². The van der Waals surface area contributed by atoms with Gasteiger partial charge in [0.15, 0.2) is 0 Å². The zero-order chi connectivity index (χ0) is 22.9. The molecule has 1 aliphatic rings. The number of primary amides is 1. The quantitative estimate of drug-likeness (QED) is 0.400. The topological polar surface area (TPSA) is 93.3 Å². The Balaban J connectivity index is 1.60. The molecule has 0 fully saturated rings. The number of benzene rings is 3. The molecule has 3 aromatic carbocycles. The Morgan fingerprint density at radius 3 is 2.61 bits per heavy atom. The number of anilines is 2. The molecule has 0 radical (unpaired) electrons. The van der Waals surface area contributed by atoms with E-state index in [9.17, 15) is 4.79 Å². The molecule has 0 aliphatic carbocycles. The summed E-state index contributed by atoms with van der Waals surface area (Å²) in [5.41, 5.74) is 11.4. The predicted octanol–water partition coefficient (Wildman–Crippen LogP) is 5.64. The molecule has 4 aromatic rings. The number of fused-ring (bicyclic) bond motifs is 3. The molecule has 3 N–H and O–H groups in total.